The lowest BCUT2D eigenvalue weighted by Crippen LogP contribution is -2.08. The summed E-state index contributed by atoms with van der Waals surface area (Å²) >= 11 is 5.79. The van der Waals surface area contributed by atoms with Crippen LogP contribution in [0.5, 0.6) is 0 Å². The van der Waals surface area contributed by atoms with Gasteiger partial charge in [0.15, 0.2) is 0 Å². The molecule has 0 amide bonds. The first-order valence-electron chi connectivity index (χ1n) is 5.22. The monoisotopic (exact) mass is 241 g/mol. The molecule has 3 nitrogen and oxygen atoms in total. The zero-order chi connectivity index (χ0) is 12.1. The fraction of sp³-hybridized carbons (Fsp3) is 0.417. The molecule has 0 heterocycles. The Kier molecular flexibility index (Phi) is 4.62. The summed E-state index contributed by atoms with van der Waals surface area (Å²) < 4.78 is 5.10. The average molecular weight is 242 g/mol. The molecule has 0 saturated heterocycles. The lowest BCUT2D eigenvalue weighted by Gasteiger charge is -2.07. The highest BCUT2D eigenvalue weighted by atomic mass is 35.5. The number of nitrogens with two attached hydrogens (primary N) is 1. The first-order valence-corrected chi connectivity index (χ1v) is 5.60. The molecule has 0 aliphatic rings. The van der Waals surface area contributed by atoms with Crippen LogP contribution in [0.15, 0.2) is 18.2 Å². The minimum atomic E-state index is -0.380. The Morgan fingerprint density at radius 1 is 1.44 bits per heavy atom. The Hall–Kier alpha value is -1.22. The largest absolute Gasteiger partial charge is 0.462 e. The van der Waals surface area contributed by atoms with Crippen LogP contribution >= 0.6 is 11.6 Å². The van der Waals surface area contributed by atoms with Crippen molar-refractivity contribution in [3.63, 3.8) is 0 Å². The third kappa shape index (κ3) is 4.11. The molecule has 0 unspecified atom stereocenters. The summed E-state index contributed by atoms with van der Waals surface area (Å²) in [6.07, 6.45) is 0.849. The summed E-state index contributed by atoms with van der Waals surface area (Å²) in [7, 11) is 0. The second-order valence-corrected chi connectivity index (χ2v) is 4.53. The Morgan fingerprint density at radius 2 is 2.12 bits per heavy atom. The summed E-state index contributed by atoms with van der Waals surface area (Å²) in [5.41, 5.74) is 6.44. The number of halogens is 1. The van der Waals surface area contributed by atoms with Gasteiger partial charge < -0.3 is 10.5 Å². The highest BCUT2D eigenvalue weighted by Gasteiger charge is 2.09. The van der Waals surface area contributed by atoms with Gasteiger partial charge in [-0.3, -0.25) is 0 Å². The predicted molar refractivity (Wildman–Crippen MR) is 65.6 cm³/mol. The van der Waals surface area contributed by atoms with Gasteiger partial charge in [-0.15, -0.1) is 0 Å². The molecule has 1 aromatic carbocycles. The highest BCUT2D eigenvalue weighted by Crippen LogP contribution is 2.17. The van der Waals surface area contributed by atoms with Crippen LogP contribution in [0.25, 0.3) is 0 Å². The van der Waals surface area contributed by atoms with Crippen LogP contribution in [-0.2, 0) is 4.74 Å². The summed E-state index contributed by atoms with van der Waals surface area (Å²) in [4.78, 5) is 11.6. The van der Waals surface area contributed by atoms with E-state index in [4.69, 9.17) is 22.1 Å². The maximum absolute atomic E-state index is 11.6. The van der Waals surface area contributed by atoms with Crippen LogP contribution in [0, 0.1) is 5.92 Å². The van der Waals surface area contributed by atoms with Crippen molar-refractivity contribution in [3.05, 3.63) is 28.8 Å². The van der Waals surface area contributed by atoms with E-state index in [2.05, 4.69) is 13.8 Å². The number of rotatable bonds is 4. The number of nitrogen functional groups attached to an aromatic ring is 1. The summed E-state index contributed by atoms with van der Waals surface area (Å²) in [5.74, 6) is 0.132. The quantitative estimate of drug-likeness (QED) is 0.651. The standard InChI is InChI=1S/C12H16ClNO2/c1-8(2)3-4-16-12(15)9-5-10(13)7-11(14)6-9/h5-8H,3-4,14H2,1-2H3. The zero-order valence-electron chi connectivity index (χ0n) is 9.50. The maximum atomic E-state index is 11.6. The van der Waals surface area contributed by atoms with E-state index < -0.39 is 0 Å². The van der Waals surface area contributed by atoms with Gasteiger partial charge in [-0.1, -0.05) is 25.4 Å². The minimum Gasteiger partial charge on any atom is -0.462 e. The topological polar surface area (TPSA) is 52.3 Å². The van der Waals surface area contributed by atoms with Gasteiger partial charge in [-0.05, 0) is 30.5 Å². The molecule has 16 heavy (non-hydrogen) atoms. The van der Waals surface area contributed by atoms with Crippen LogP contribution < -0.4 is 5.73 Å². The van der Waals surface area contributed by atoms with Crippen molar-refractivity contribution < 1.29 is 9.53 Å². The Morgan fingerprint density at radius 3 is 2.69 bits per heavy atom. The first-order chi connectivity index (χ1) is 7.49. The van der Waals surface area contributed by atoms with E-state index in [1.54, 1.807) is 18.2 Å². The van der Waals surface area contributed by atoms with E-state index >= 15 is 0 Å². The summed E-state index contributed by atoms with van der Waals surface area (Å²) in [6, 6.07) is 4.70. The van der Waals surface area contributed by atoms with Crippen molar-refractivity contribution in [3.8, 4) is 0 Å². The molecule has 0 atom stereocenters. The minimum absolute atomic E-state index is 0.380. The van der Waals surface area contributed by atoms with Gasteiger partial charge in [-0.25, -0.2) is 4.79 Å². The second kappa shape index (κ2) is 5.75. The van der Waals surface area contributed by atoms with Gasteiger partial charge in [0.1, 0.15) is 0 Å². The Balaban J connectivity index is 2.59. The van der Waals surface area contributed by atoms with Crippen LogP contribution in [0.1, 0.15) is 30.6 Å². The molecule has 0 spiro atoms. The lowest BCUT2D eigenvalue weighted by atomic mass is 10.1. The van der Waals surface area contributed by atoms with E-state index in [1.807, 2.05) is 0 Å². The van der Waals surface area contributed by atoms with E-state index in [1.165, 1.54) is 0 Å². The van der Waals surface area contributed by atoms with Gasteiger partial charge in [-0.2, -0.15) is 0 Å². The molecule has 1 aromatic rings. The van der Waals surface area contributed by atoms with Gasteiger partial charge in [0.25, 0.3) is 0 Å². The number of hydrogen-bond acceptors (Lipinski definition) is 3. The summed E-state index contributed by atoms with van der Waals surface area (Å²) in [6.45, 7) is 4.57. The van der Waals surface area contributed by atoms with Crippen LogP contribution in [0.3, 0.4) is 0 Å². The third-order valence-electron chi connectivity index (χ3n) is 2.08. The second-order valence-electron chi connectivity index (χ2n) is 4.09. The molecule has 4 heteroatoms. The Labute approximate surface area is 101 Å². The van der Waals surface area contributed by atoms with Gasteiger partial charge in [0.05, 0.1) is 12.2 Å². The molecular weight excluding hydrogens is 226 g/mol. The van der Waals surface area contributed by atoms with E-state index in [-0.39, 0.29) is 5.97 Å². The van der Waals surface area contributed by atoms with Crippen molar-refractivity contribution >= 4 is 23.3 Å². The Bertz CT molecular complexity index is 357. The first kappa shape index (κ1) is 12.8. The molecule has 88 valence electrons. The molecule has 0 radical (unpaired) electrons. The molecule has 0 saturated carbocycles. The van der Waals surface area contributed by atoms with Gasteiger partial charge in [0, 0.05) is 10.7 Å². The summed E-state index contributed by atoms with van der Waals surface area (Å²) in [5, 5.41) is 0.441. The van der Waals surface area contributed by atoms with E-state index in [9.17, 15) is 4.79 Å². The molecule has 0 aromatic heterocycles. The fourth-order valence-corrected chi connectivity index (χ4v) is 1.44. The van der Waals surface area contributed by atoms with Gasteiger partial charge >= 0.3 is 5.97 Å². The number of hydrogen-bond donors (Lipinski definition) is 1. The normalized spacial score (nSPS) is 10.5. The number of carbonyl (C=O) groups is 1. The molecule has 2 N–H and O–H groups in total. The molecular formula is C12H16ClNO2. The molecule has 0 aliphatic heterocycles. The molecule has 1 rings (SSSR count). The molecule has 0 bridgehead atoms. The van der Waals surface area contributed by atoms with Crippen molar-refractivity contribution in [2.24, 2.45) is 5.92 Å². The molecule has 0 fully saturated rings. The third-order valence-corrected chi connectivity index (χ3v) is 2.30. The van der Waals surface area contributed by atoms with Gasteiger partial charge in [0.2, 0.25) is 0 Å². The maximum Gasteiger partial charge on any atom is 0.338 e. The van der Waals surface area contributed by atoms with Crippen molar-refractivity contribution in [1.82, 2.24) is 0 Å². The number of ether oxygens (including phenoxy) is 1. The SMILES string of the molecule is CC(C)CCOC(=O)c1cc(N)cc(Cl)c1. The van der Waals surface area contributed by atoms with Crippen molar-refractivity contribution in [2.45, 2.75) is 20.3 Å². The predicted octanol–water partition coefficient (Wildman–Crippen LogP) is 3.13. The zero-order valence-corrected chi connectivity index (χ0v) is 10.3. The smallest absolute Gasteiger partial charge is 0.338 e. The van der Waals surface area contributed by atoms with Crippen LogP contribution in [0.4, 0.5) is 5.69 Å². The number of benzene rings is 1. The van der Waals surface area contributed by atoms with Crippen LogP contribution in [0.2, 0.25) is 5.02 Å². The highest BCUT2D eigenvalue weighted by molar-refractivity contribution is 6.31. The van der Waals surface area contributed by atoms with Crippen molar-refractivity contribution in [1.29, 1.82) is 0 Å². The number of esters is 1. The number of anilines is 1. The van der Waals surface area contributed by atoms with Crippen molar-refractivity contribution in [2.75, 3.05) is 12.3 Å². The van der Waals surface area contributed by atoms with E-state index in [0.717, 1.165) is 6.42 Å². The fourth-order valence-electron chi connectivity index (χ4n) is 1.20. The molecule has 0 aliphatic carbocycles. The average Bonchev–Trinajstić information content (AvgIpc) is 2.15. The lowest BCUT2D eigenvalue weighted by molar-refractivity contribution is 0.0488. The number of carbonyl (C=O) groups excluding carboxylic acids is 1. The van der Waals surface area contributed by atoms with Crippen LogP contribution in [-0.4, -0.2) is 12.6 Å². The van der Waals surface area contributed by atoms with E-state index in [0.29, 0.717) is 28.8 Å².